The lowest BCUT2D eigenvalue weighted by atomic mass is 9.57. The van der Waals surface area contributed by atoms with Gasteiger partial charge in [0.05, 0.1) is 11.6 Å². The predicted molar refractivity (Wildman–Crippen MR) is 213 cm³/mol. The Bertz CT molecular complexity index is 2200. The van der Waals surface area contributed by atoms with E-state index in [0.717, 1.165) is 40.9 Å². The summed E-state index contributed by atoms with van der Waals surface area (Å²) in [5.74, 6) is -2.87. The number of anilines is 1. The molecule has 290 valence electrons. The van der Waals surface area contributed by atoms with Crippen LogP contribution in [0.25, 0.3) is 5.76 Å². The van der Waals surface area contributed by atoms with Gasteiger partial charge in [-0.15, -0.1) is 13.2 Å². The number of benzene rings is 3. The molecule has 5 atom stereocenters. The smallest absolute Gasteiger partial charge is 0.265 e. The topological polar surface area (TPSA) is 129 Å². The molecule has 0 bridgehead atoms. The Morgan fingerprint density at radius 3 is 2.23 bits per heavy atom. The third kappa shape index (κ3) is 6.05. The van der Waals surface area contributed by atoms with Crippen LogP contribution in [0.3, 0.4) is 0 Å². The van der Waals surface area contributed by atoms with Crippen LogP contribution in [0, 0.1) is 11.8 Å². The van der Waals surface area contributed by atoms with Gasteiger partial charge in [-0.2, -0.15) is 0 Å². The largest absolute Gasteiger partial charge is 0.507 e. The third-order valence-electron chi connectivity index (χ3n) is 12.0. The van der Waals surface area contributed by atoms with E-state index in [4.69, 9.17) is 14.0 Å². The number of Topliss-reactive ketones (excluding diaryl/α,β-unsaturated/α-hetero) is 2. The molecule has 1 aromatic heterocycles. The van der Waals surface area contributed by atoms with Crippen molar-refractivity contribution < 1.29 is 33.8 Å². The monoisotopic (exact) mass is 756 g/mol. The number of aliphatic hydroxyl groups excluding tert-OH is 1. The van der Waals surface area contributed by atoms with E-state index in [1.165, 1.54) is 0 Å². The van der Waals surface area contributed by atoms with Gasteiger partial charge in [-0.05, 0) is 72.8 Å². The molecule has 8 rings (SSSR count). The van der Waals surface area contributed by atoms with Crippen molar-refractivity contribution in [2.24, 2.45) is 11.8 Å². The molecule has 1 saturated carbocycles. The molecule has 1 unspecified atom stereocenters. The van der Waals surface area contributed by atoms with E-state index in [-0.39, 0.29) is 54.2 Å². The second kappa shape index (κ2) is 14.9. The second-order valence-electron chi connectivity index (χ2n) is 15.5. The Balaban J connectivity index is 1.28. The van der Waals surface area contributed by atoms with Gasteiger partial charge in [0, 0.05) is 49.9 Å². The number of hydrogen-bond acceptors (Lipinski definition) is 11. The molecule has 2 N–H and O–H groups in total. The summed E-state index contributed by atoms with van der Waals surface area (Å²) in [6.45, 7) is 9.74. The van der Waals surface area contributed by atoms with Crippen molar-refractivity contribution in [2.45, 2.75) is 50.2 Å². The molecular formula is C45H48N4O7. The molecule has 1 aliphatic heterocycles. The first-order chi connectivity index (χ1) is 27.1. The molecule has 56 heavy (non-hydrogen) atoms. The lowest BCUT2D eigenvalue weighted by Crippen LogP contribution is -2.63. The lowest BCUT2D eigenvalue weighted by Gasteiger charge is -2.50. The van der Waals surface area contributed by atoms with E-state index < -0.39 is 35.0 Å². The van der Waals surface area contributed by atoms with Crippen molar-refractivity contribution in [3.05, 3.63) is 137 Å². The van der Waals surface area contributed by atoms with Crippen LogP contribution >= 0.6 is 0 Å². The zero-order valence-corrected chi connectivity index (χ0v) is 32.1. The summed E-state index contributed by atoms with van der Waals surface area (Å²) in [5, 5.41) is 29.5. The Morgan fingerprint density at radius 1 is 0.964 bits per heavy atom. The van der Waals surface area contributed by atoms with Crippen LogP contribution in [-0.4, -0.2) is 83.1 Å². The zero-order chi connectivity index (χ0) is 39.3. The van der Waals surface area contributed by atoms with Crippen LogP contribution in [0.1, 0.15) is 68.9 Å². The first-order valence-electron chi connectivity index (χ1n) is 19.2. The average molecular weight is 757 g/mol. The van der Waals surface area contributed by atoms with Crippen LogP contribution in [0.5, 0.6) is 11.6 Å². The normalized spacial score (nSPS) is 23.9. The van der Waals surface area contributed by atoms with Crippen molar-refractivity contribution >= 4 is 23.0 Å². The molecule has 0 spiro atoms. The number of rotatable bonds is 12. The number of carbonyl (C=O) groups excluding carboxylic acids is 2. The van der Waals surface area contributed by atoms with Gasteiger partial charge in [-0.25, -0.2) is 0 Å². The number of carbonyl (C=O) groups is 2. The van der Waals surface area contributed by atoms with Gasteiger partial charge in [0.25, 0.3) is 5.88 Å². The lowest BCUT2D eigenvalue weighted by molar-refractivity contribution is -0.143. The molecule has 4 aliphatic rings. The highest BCUT2D eigenvalue weighted by molar-refractivity contribution is 6.26. The molecule has 1 fully saturated rings. The van der Waals surface area contributed by atoms with Gasteiger partial charge in [0.1, 0.15) is 30.3 Å². The third-order valence-corrected chi connectivity index (χ3v) is 12.0. The Kier molecular flexibility index (Phi) is 9.94. The maximum Gasteiger partial charge on any atom is 0.265 e. The Morgan fingerprint density at radius 2 is 1.61 bits per heavy atom. The highest BCUT2D eigenvalue weighted by atomic mass is 16.5. The summed E-state index contributed by atoms with van der Waals surface area (Å²) in [5.41, 5.74) is 2.57. The van der Waals surface area contributed by atoms with E-state index in [1.54, 1.807) is 12.2 Å². The summed E-state index contributed by atoms with van der Waals surface area (Å²) in [4.78, 5) is 36.3. The van der Waals surface area contributed by atoms with Crippen molar-refractivity contribution in [1.82, 2.24) is 15.0 Å². The van der Waals surface area contributed by atoms with Crippen LogP contribution in [0.15, 0.2) is 102 Å². The van der Waals surface area contributed by atoms with E-state index in [1.807, 2.05) is 71.6 Å². The van der Waals surface area contributed by atoms with Crippen LogP contribution in [-0.2, 0) is 24.4 Å². The van der Waals surface area contributed by atoms with Gasteiger partial charge < -0.3 is 34.0 Å². The quantitative estimate of drug-likeness (QED) is 0.119. The van der Waals surface area contributed by atoms with Crippen molar-refractivity contribution in [3.8, 4) is 11.6 Å². The number of ketones is 2. The first kappa shape index (κ1) is 37.4. The Hall–Kier alpha value is -5.49. The minimum atomic E-state index is -2.56. The summed E-state index contributed by atoms with van der Waals surface area (Å²) in [6, 6.07) is 20.5. The highest BCUT2D eigenvalue weighted by Crippen LogP contribution is 2.58. The minimum Gasteiger partial charge on any atom is -0.507 e. The SMILES string of the molecule is C=CCN(CC=C)[C@@H]1c2onc(OCc3ccccc3)c2C(=O)[C@@]2(O)C(=O)C3=C(O)c4c(OCc5ccccc5)cc5c(c4C[C@H]3C[C@@H]12)N(C)CCC5N(C)C. The molecule has 0 radical (unpaired) electrons. The van der Waals surface area contributed by atoms with E-state index >= 15 is 4.79 Å². The number of fused-ring (bicyclic) bond motifs is 6. The van der Waals surface area contributed by atoms with Crippen molar-refractivity contribution in [3.63, 3.8) is 0 Å². The summed E-state index contributed by atoms with van der Waals surface area (Å²) in [6.07, 6.45) is 4.94. The molecule has 3 aromatic carbocycles. The maximum atomic E-state index is 15.1. The summed E-state index contributed by atoms with van der Waals surface area (Å²) in [7, 11) is 6.18. The molecule has 0 saturated heterocycles. The highest BCUT2D eigenvalue weighted by Gasteiger charge is 2.66. The fraction of sp³-hybridized carbons (Fsp3) is 0.356. The molecule has 3 aliphatic carbocycles. The van der Waals surface area contributed by atoms with Gasteiger partial charge in [0.15, 0.2) is 11.4 Å². The second-order valence-corrected chi connectivity index (χ2v) is 15.5. The van der Waals surface area contributed by atoms with Crippen LogP contribution in [0.2, 0.25) is 0 Å². The predicted octanol–water partition coefficient (Wildman–Crippen LogP) is 6.65. The summed E-state index contributed by atoms with van der Waals surface area (Å²) >= 11 is 0. The fourth-order valence-corrected chi connectivity index (χ4v) is 9.45. The molecule has 4 aromatic rings. The maximum absolute atomic E-state index is 15.1. The van der Waals surface area contributed by atoms with Gasteiger partial charge in [-0.1, -0.05) is 72.8 Å². The minimum absolute atomic E-state index is 0.0288. The molecule has 0 amide bonds. The first-order valence-corrected chi connectivity index (χ1v) is 19.2. The molecule has 11 heteroatoms. The summed E-state index contributed by atoms with van der Waals surface area (Å²) < 4.78 is 18.6. The molecule has 2 heterocycles. The van der Waals surface area contributed by atoms with Crippen LogP contribution < -0.4 is 14.4 Å². The Labute approximate surface area is 327 Å². The van der Waals surface area contributed by atoms with E-state index in [0.29, 0.717) is 30.8 Å². The number of hydrogen-bond donors (Lipinski definition) is 2. The molecular weight excluding hydrogens is 709 g/mol. The van der Waals surface area contributed by atoms with E-state index in [2.05, 4.69) is 49.3 Å². The average Bonchev–Trinajstić information content (AvgIpc) is 3.62. The zero-order valence-electron chi connectivity index (χ0n) is 32.1. The fourth-order valence-electron chi connectivity index (χ4n) is 9.45. The number of aliphatic hydroxyl groups is 2. The molecule has 11 nitrogen and oxygen atoms in total. The number of nitrogens with zero attached hydrogens (tertiary/aromatic N) is 4. The van der Waals surface area contributed by atoms with Gasteiger partial charge >= 0.3 is 0 Å². The number of ether oxygens (including phenoxy) is 2. The van der Waals surface area contributed by atoms with Crippen LogP contribution in [0.4, 0.5) is 5.69 Å². The van der Waals surface area contributed by atoms with Crippen molar-refractivity contribution in [1.29, 1.82) is 0 Å². The van der Waals surface area contributed by atoms with E-state index in [9.17, 15) is 15.0 Å². The van der Waals surface area contributed by atoms with Gasteiger partial charge in [0.2, 0.25) is 11.6 Å². The number of aromatic nitrogens is 1. The van der Waals surface area contributed by atoms with Crippen molar-refractivity contribution in [2.75, 3.05) is 45.7 Å². The standard InChI is InChI=1S/C45H48N4O7/c1-6-19-49(20-7-2)39-32-23-29-22-31-36(34(54-25-27-14-10-8-11-15-27)24-30-33(47(3)4)18-21-48(5)38(30)31)40(50)35(29)42(51)45(32,53)43(52)37-41(39)56-46-44(37)55-26-28-16-12-9-13-17-28/h6-17,24,29,32-33,39,50,53H,1-2,18-23,25-26H2,3-5H3/t29-,32-,33?,39-,45-/m0/s1. The van der Waals surface area contributed by atoms with Gasteiger partial charge in [-0.3, -0.25) is 14.5 Å².